The molecule has 0 radical (unpaired) electrons. The Balaban J connectivity index is 1.57. The smallest absolute Gasteiger partial charge is 0.352 e. The molecule has 0 amide bonds. The van der Waals surface area contributed by atoms with Crippen LogP contribution >= 0.6 is 0 Å². The standard InChI is InChI=1S/C23H26N6O3/c1-15-10-27(11-16(2)32-15)13-18-6-9-20-21-24-14-25-29(21)23(30)28(22(20)26-18)12-17-4-7-19(31-3)8-5-17/h4-9,14-16H,10-13H2,1-3H3/t15-,16+. The molecule has 0 bridgehead atoms. The van der Waals surface area contributed by atoms with Crippen molar-refractivity contribution >= 4 is 16.7 Å². The van der Waals surface area contributed by atoms with E-state index in [0.717, 1.165) is 35.5 Å². The molecule has 166 valence electrons. The third-order valence-corrected chi connectivity index (χ3v) is 5.77. The van der Waals surface area contributed by atoms with Crippen molar-refractivity contribution in [1.82, 2.24) is 29.0 Å². The first-order chi connectivity index (χ1) is 15.5. The molecule has 1 aliphatic rings. The Kier molecular flexibility index (Phi) is 5.36. The minimum Gasteiger partial charge on any atom is -0.497 e. The van der Waals surface area contributed by atoms with Crippen molar-refractivity contribution in [2.75, 3.05) is 20.2 Å². The second kappa shape index (κ2) is 8.33. The van der Waals surface area contributed by atoms with E-state index in [2.05, 4.69) is 28.8 Å². The Bertz CT molecular complexity index is 1300. The number of nitrogens with zero attached hydrogens (tertiary/aromatic N) is 6. The predicted molar refractivity (Wildman–Crippen MR) is 120 cm³/mol. The van der Waals surface area contributed by atoms with E-state index in [0.29, 0.717) is 24.4 Å². The fourth-order valence-electron chi connectivity index (χ4n) is 4.42. The second-order valence-corrected chi connectivity index (χ2v) is 8.34. The van der Waals surface area contributed by atoms with Gasteiger partial charge in [0.1, 0.15) is 17.7 Å². The predicted octanol–water partition coefficient (Wildman–Crippen LogP) is 2.11. The van der Waals surface area contributed by atoms with E-state index in [4.69, 9.17) is 14.5 Å². The number of fused-ring (bicyclic) bond motifs is 3. The van der Waals surface area contributed by atoms with Gasteiger partial charge in [0.05, 0.1) is 36.9 Å². The van der Waals surface area contributed by atoms with Crippen LogP contribution in [-0.2, 0) is 17.8 Å². The van der Waals surface area contributed by atoms with E-state index < -0.39 is 0 Å². The van der Waals surface area contributed by atoms with E-state index in [9.17, 15) is 4.79 Å². The molecule has 1 aromatic carbocycles. The van der Waals surface area contributed by atoms with Gasteiger partial charge in [0, 0.05) is 19.6 Å². The zero-order valence-electron chi connectivity index (χ0n) is 18.4. The lowest BCUT2D eigenvalue weighted by Crippen LogP contribution is -2.44. The summed E-state index contributed by atoms with van der Waals surface area (Å²) in [6.45, 7) is 6.95. The summed E-state index contributed by atoms with van der Waals surface area (Å²) >= 11 is 0. The van der Waals surface area contributed by atoms with Crippen LogP contribution in [0.25, 0.3) is 16.7 Å². The Labute approximate surface area is 185 Å². The summed E-state index contributed by atoms with van der Waals surface area (Å²) in [5, 5.41) is 4.93. The van der Waals surface area contributed by atoms with E-state index in [-0.39, 0.29) is 17.9 Å². The highest BCUT2D eigenvalue weighted by Crippen LogP contribution is 2.20. The largest absolute Gasteiger partial charge is 0.497 e. The lowest BCUT2D eigenvalue weighted by Gasteiger charge is -2.35. The molecule has 9 heteroatoms. The number of benzene rings is 1. The number of aromatic nitrogens is 5. The number of morpholine rings is 1. The molecule has 0 saturated carbocycles. The maximum Gasteiger partial charge on any atom is 0.352 e. The van der Waals surface area contributed by atoms with Gasteiger partial charge in [-0.25, -0.2) is 14.8 Å². The minimum atomic E-state index is -0.265. The van der Waals surface area contributed by atoms with Crippen molar-refractivity contribution in [1.29, 1.82) is 0 Å². The number of methoxy groups -OCH3 is 1. The van der Waals surface area contributed by atoms with Gasteiger partial charge in [0.25, 0.3) is 0 Å². The van der Waals surface area contributed by atoms with Gasteiger partial charge in [0.2, 0.25) is 0 Å². The normalized spacial score (nSPS) is 19.6. The molecule has 9 nitrogen and oxygen atoms in total. The molecule has 5 rings (SSSR count). The second-order valence-electron chi connectivity index (χ2n) is 8.34. The summed E-state index contributed by atoms with van der Waals surface area (Å²) in [5.74, 6) is 0.770. The summed E-state index contributed by atoms with van der Waals surface area (Å²) < 4.78 is 14.1. The maximum absolute atomic E-state index is 13.3. The lowest BCUT2D eigenvalue weighted by atomic mass is 10.2. The number of ether oxygens (including phenoxy) is 2. The molecule has 32 heavy (non-hydrogen) atoms. The minimum absolute atomic E-state index is 0.183. The van der Waals surface area contributed by atoms with Gasteiger partial charge in [0.15, 0.2) is 5.65 Å². The first-order valence-electron chi connectivity index (χ1n) is 10.7. The van der Waals surface area contributed by atoms with Crippen molar-refractivity contribution in [3.8, 4) is 5.75 Å². The molecule has 1 aliphatic heterocycles. The molecule has 1 fully saturated rings. The van der Waals surface area contributed by atoms with Crippen LogP contribution in [-0.4, -0.2) is 61.5 Å². The average Bonchev–Trinajstić information content (AvgIpc) is 3.27. The van der Waals surface area contributed by atoms with Gasteiger partial charge in [-0.15, -0.1) is 0 Å². The monoisotopic (exact) mass is 434 g/mol. The molecule has 0 unspecified atom stereocenters. The van der Waals surface area contributed by atoms with Crippen molar-refractivity contribution < 1.29 is 9.47 Å². The third-order valence-electron chi connectivity index (χ3n) is 5.77. The zero-order valence-corrected chi connectivity index (χ0v) is 18.4. The zero-order chi connectivity index (χ0) is 22.2. The van der Waals surface area contributed by atoms with Gasteiger partial charge >= 0.3 is 5.69 Å². The topological polar surface area (TPSA) is 86.8 Å². The van der Waals surface area contributed by atoms with Crippen LogP contribution in [0.4, 0.5) is 0 Å². The summed E-state index contributed by atoms with van der Waals surface area (Å²) in [7, 11) is 1.63. The van der Waals surface area contributed by atoms with Crippen molar-refractivity contribution in [3.05, 3.63) is 64.5 Å². The Morgan fingerprint density at radius 1 is 1.03 bits per heavy atom. The van der Waals surface area contributed by atoms with Crippen LogP contribution in [0.1, 0.15) is 25.1 Å². The Morgan fingerprint density at radius 3 is 2.50 bits per heavy atom. The molecular formula is C23H26N6O3. The summed E-state index contributed by atoms with van der Waals surface area (Å²) in [6, 6.07) is 11.7. The fourth-order valence-corrected chi connectivity index (χ4v) is 4.42. The maximum atomic E-state index is 13.3. The average molecular weight is 435 g/mol. The molecular weight excluding hydrogens is 408 g/mol. The number of pyridine rings is 1. The van der Waals surface area contributed by atoms with E-state index in [1.54, 1.807) is 11.7 Å². The SMILES string of the molecule is COc1ccc(Cn2c(=O)n3ncnc3c3ccc(CN4C[C@@H](C)O[C@@H](C)C4)nc32)cc1. The van der Waals surface area contributed by atoms with Crippen LogP contribution in [0.3, 0.4) is 0 Å². The molecule has 4 heterocycles. The molecule has 0 spiro atoms. The summed E-state index contributed by atoms with van der Waals surface area (Å²) in [6.07, 6.45) is 1.77. The van der Waals surface area contributed by atoms with Crippen LogP contribution in [0.2, 0.25) is 0 Å². The lowest BCUT2D eigenvalue weighted by molar-refractivity contribution is -0.0707. The van der Waals surface area contributed by atoms with Crippen LogP contribution in [0, 0.1) is 0 Å². The highest BCUT2D eigenvalue weighted by molar-refractivity contribution is 5.88. The first kappa shape index (κ1) is 20.6. The van der Waals surface area contributed by atoms with E-state index in [1.165, 1.54) is 10.8 Å². The van der Waals surface area contributed by atoms with Gasteiger partial charge in [-0.2, -0.15) is 9.61 Å². The Morgan fingerprint density at radius 2 is 1.78 bits per heavy atom. The molecule has 1 saturated heterocycles. The van der Waals surface area contributed by atoms with Gasteiger partial charge in [-0.3, -0.25) is 9.47 Å². The van der Waals surface area contributed by atoms with E-state index in [1.807, 2.05) is 36.4 Å². The van der Waals surface area contributed by atoms with Gasteiger partial charge < -0.3 is 9.47 Å². The highest BCUT2D eigenvalue weighted by atomic mass is 16.5. The molecule has 0 N–H and O–H groups in total. The van der Waals surface area contributed by atoms with Crippen molar-refractivity contribution in [3.63, 3.8) is 0 Å². The van der Waals surface area contributed by atoms with Crippen molar-refractivity contribution in [2.24, 2.45) is 0 Å². The molecule has 2 atom stereocenters. The van der Waals surface area contributed by atoms with Gasteiger partial charge in [-0.1, -0.05) is 12.1 Å². The molecule has 0 aliphatic carbocycles. The quantitative estimate of drug-likeness (QED) is 0.475. The van der Waals surface area contributed by atoms with Crippen molar-refractivity contribution in [2.45, 2.75) is 39.1 Å². The number of rotatable bonds is 5. The number of hydrogen-bond donors (Lipinski definition) is 0. The molecule has 3 aromatic heterocycles. The first-order valence-corrected chi connectivity index (χ1v) is 10.7. The molecule has 4 aromatic rings. The van der Waals surface area contributed by atoms with E-state index >= 15 is 0 Å². The third kappa shape index (κ3) is 3.85. The highest BCUT2D eigenvalue weighted by Gasteiger charge is 2.23. The summed E-state index contributed by atoms with van der Waals surface area (Å²) in [5.41, 5.74) is 2.74. The summed E-state index contributed by atoms with van der Waals surface area (Å²) in [4.78, 5) is 24.8. The van der Waals surface area contributed by atoms with Crippen LogP contribution in [0.5, 0.6) is 5.75 Å². The Hall–Kier alpha value is -3.30. The fraction of sp³-hybridized carbons (Fsp3) is 0.391. The number of hydrogen-bond acceptors (Lipinski definition) is 7. The van der Waals surface area contributed by atoms with Crippen LogP contribution in [0.15, 0.2) is 47.5 Å². The van der Waals surface area contributed by atoms with Gasteiger partial charge in [-0.05, 0) is 43.7 Å². The van der Waals surface area contributed by atoms with Crippen LogP contribution < -0.4 is 10.4 Å².